The molecule has 1 N–H and O–H groups in total. The third-order valence-electron chi connectivity index (χ3n) is 2.67. The molecule has 5 heteroatoms. The molecule has 0 unspecified atom stereocenters. The van der Waals surface area contributed by atoms with Gasteiger partial charge in [-0.2, -0.15) is 0 Å². The zero-order chi connectivity index (χ0) is 13.7. The van der Waals surface area contributed by atoms with Crippen molar-refractivity contribution in [3.05, 3.63) is 40.4 Å². The highest BCUT2D eigenvalue weighted by atomic mass is 35.5. The van der Waals surface area contributed by atoms with Crippen molar-refractivity contribution in [3.63, 3.8) is 0 Å². The van der Waals surface area contributed by atoms with Gasteiger partial charge >= 0.3 is 0 Å². The van der Waals surface area contributed by atoms with E-state index in [0.717, 1.165) is 27.7 Å². The Bertz CT molecular complexity index is 551. The van der Waals surface area contributed by atoms with Gasteiger partial charge in [0.15, 0.2) is 0 Å². The molecule has 0 radical (unpaired) electrons. The molecule has 0 aliphatic carbocycles. The number of carbonyl (C=O) groups is 1. The van der Waals surface area contributed by atoms with Crippen LogP contribution in [-0.4, -0.2) is 17.4 Å². The number of amides is 1. The molecular weight excluding hydrogens is 280 g/mol. The third kappa shape index (κ3) is 4.04. The molecule has 0 atom stereocenters. The molecule has 0 spiro atoms. The van der Waals surface area contributed by atoms with Crippen LogP contribution >= 0.6 is 22.9 Å². The molecule has 1 heterocycles. The minimum atomic E-state index is 0.0770. The predicted molar refractivity (Wildman–Crippen MR) is 79.6 cm³/mol. The summed E-state index contributed by atoms with van der Waals surface area (Å²) in [6.07, 6.45) is 1.28. The summed E-state index contributed by atoms with van der Waals surface area (Å²) in [5.41, 5.74) is 2.07. The Morgan fingerprint density at radius 2 is 2.11 bits per heavy atom. The van der Waals surface area contributed by atoms with E-state index in [1.807, 2.05) is 36.6 Å². The lowest BCUT2D eigenvalue weighted by molar-refractivity contribution is -0.120. The third-order valence-corrected chi connectivity index (χ3v) is 3.86. The van der Waals surface area contributed by atoms with Gasteiger partial charge in [-0.3, -0.25) is 4.79 Å². The van der Waals surface area contributed by atoms with Crippen LogP contribution in [0.5, 0.6) is 0 Å². The zero-order valence-electron chi connectivity index (χ0n) is 10.6. The largest absolute Gasteiger partial charge is 0.356 e. The molecular formula is C14H15ClN2OS. The molecule has 0 saturated carbocycles. The SMILES string of the molecule is CCC(=O)NCCc1csc(-c2ccc(Cl)cc2)n1. The Labute approximate surface area is 121 Å². The smallest absolute Gasteiger partial charge is 0.219 e. The maximum absolute atomic E-state index is 11.1. The fourth-order valence-electron chi connectivity index (χ4n) is 1.60. The number of halogens is 1. The van der Waals surface area contributed by atoms with Gasteiger partial charge < -0.3 is 5.32 Å². The first kappa shape index (κ1) is 14.0. The van der Waals surface area contributed by atoms with Crippen LogP contribution in [0.25, 0.3) is 10.6 Å². The Hall–Kier alpha value is -1.39. The van der Waals surface area contributed by atoms with Crippen molar-refractivity contribution in [1.29, 1.82) is 0 Å². The summed E-state index contributed by atoms with van der Waals surface area (Å²) in [6, 6.07) is 7.65. The van der Waals surface area contributed by atoms with E-state index in [-0.39, 0.29) is 5.91 Å². The van der Waals surface area contributed by atoms with Crippen LogP contribution in [0.1, 0.15) is 19.0 Å². The van der Waals surface area contributed by atoms with E-state index in [1.165, 1.54) is 0 Å². The number of hydrogen-bond acceptors (Lipinski definition) is 3. The number of nitrogens with zero attached hydrogens (tertiary/aromatic N) is 1. The highest BCUT2D eigenvalue weighted by Gasteiger charge is 2.05. The lowest BCUT2D eigenvalue weighted by Crippen LogP contribution is -2.24. The average molecular weight is 295 g/mol. The molecule has 0 aliphatic heterocycles. The fraction of sp³-hybridized carbons (Fsp3) is 0.286. The number of hydrogen-bond donors (Lipinski definition) is 1. The second kappa shape index (κ2) is 6.68. The Balaban J connectivity index is 1.95. The normalized spacial score (nSPS) is 10.4. The van der Waals surface area contributed by atoms with Gasteiger partial charge in [0.05, 0.1) is 5.69 Å². The number of carbonyl (C=O) groups excluding carboxylic acids is 1. The lowest BCUT2D eigenvalue weighted by atomic mass is 10.2. The van der Waals surface area contributed by atoms with Gasteiger partial charge in [-0.05, 0) is 12.1 Å². The van der Waals surface area contributed by atoms with E-state index in [9.17, 15) is 4.79 Å². The second-order valence-electron chi connectivity index (χ2n) is 4.10. The van der Waals surface area contributed by atoms with Crippen LogP contribution in [0.3, 0.4) is 0 Å². The Morgan fingerprint density at radius 3 is 2.79 bits per heavy atom. The van der Waals surface area contributed by atoms with Crippen LogP contribution in [0.4, 0.5) is 0 Å². The first-order chi connectivity index (χ1) is 9.19. The minimum absolute atomic E-state index is 0.0770. The van der Waals surface area contributed by atoms with Crippen LogP contribution in [0.15, 0.2) is 29.6 Å². The van der Waals surface area contributed by atoms with Gasteiger partial charge in [-0.15, -0.1) is 11.3 Å². The van der Waals surface area contributed by atoms with Crippen molar-refractivity contribution in [2.75, 3.05) is 6.54 Å². The summed E-state index contributed by atoms with van der Waals surface area (Å²) in [5.74, 6) is 0.0770. The minimum Gasteiger partial charge on any atom is -0.356 e. The number of aromatic nitrogens is 1. The fourth-order valence-corrected chi connectivity index (χ4v) is 2.59. The van der Waals surface area contributed by atoms with E-state index in [1.54, 1.807) is 11.3 Å². The van der Waals surface area contributed by atoms with Gasteiger partial charge in [0.1, 0.15) is 5.01 Å². The molecule has 1 aromatic carbocycles. The Morgan fingerprint density at radius 1 is 1.37 bits per heavy atom. The summed E-state index contributed by atoms with van der Waals surface area (Å²) in [7, 11) is 0. The van der Waals surface area contributed by atoms with Crippen LogP contribution in [0, 0.1) is 0 Å². The van der Waals surface area contributed by atoms with Gasteiger partial charge in [-0.1, -0.05) is 30.7 Å². The van der Waals surface area contributed by atoms with Crippen molar-refractivity contribution in [3.8, 4) is 10.6 Å². The molecule has 3 nitrogen and oxygen atoms in total. The second-order valence-corrected chi connectivity index (χ2v) is 5.40. The topological polar surface area (TPSA) is 42.0 Å². The standard InChI is InChI=1S/C14H15ClN2OS/c1-2-13(18)16-8-7-12-9-19-14(17-12)10-3-5-11(15)6-4-10/h3-6,9H,2,7-8H2,1H3,(H,16,18). The van der Waals surface area contributed by atoms with Crippen molar-refractivity contribution in [2.45, 2.75) is 19.8 Å². The summed E-state index contributed by atoms with van der Waals surface area (Å²) in [6.45, 7) is 2.48. The summed E-state index contributed by atoms with van der Waals surface area (Å²) < 4.78 is 0. The van der Waals surface area contributed by atoms with E-state index in [0.29, 0.717) is 13.0 Å². The molecule has 0 saturated heterocycles. The Kier molecular flexibility index (Phi) is 4.93. The van der Waals surface area contributed by atoms with Crippen LogP contribution < -0.4 is 5.32 Å². The molecule has 100 valence electrons. The molecule has 2 aromatic rings. The maximum Gasteiger partial charge on any atom is 0.219 e. The molecule has 0 bridgehead atoms. The van der Waals surface area contributed by atoms with Crippen molar-refractivity contribution in [2.24, 2.45) is 0 Å². The van der Waals surface area contributed by atoms with Crippen LogP contribution in [0.2, 0.25) is 5.02 Å². The first-order valence-electron chi connectivity index (χ1n) is 6.16. The van der Waals surface area contributed by atoms with Gasteiger partial charge in [0, 0.05) is 35.4 Å². The van der Waals surface area contributed by atoms with E-state index >= 15 is 0 Å². The summed E-state index contributed by atoms with van der Waals surface area (Å²) in [4.78, 5) is 15.7. The number of benzene rings is 1. The zero-order valence-corrected chi connectivity index (χ0v) is 12.2. The van der Waals surface area contributed by atoms with Crippen LogP contribution in [-0.2, 0) is 11.2 Å². The van der Waals surface area contributed by atoms with E-state index < -0.39 is 0 Å². The monoisotopic (exact) mass is 294 g/mol. The molecule has 0 fully saturated rings. The molecule has 1 aromatic heterocycles. The predicted octanol–water partition coefficient (Wildman–Crippen LogP) is 3.53. The quantitative estimate of drug-likeness (QED) is 0.916. The van der Waals surface area contributed by atoms with Gasteiger partial charge in [0.25, 0.3) is 0 Å². The molecule has 19 heavy (non-hydrogen) atoms. The molecule has 2 rings (SSSR count). The van der Waals surface area contributed by atoms with Gasteiger partial charge in [-0.25, -0.2) is 4.98 Å². The maximum atomic E-state index is 11.1. The number of rotatable bonds is 5. The summed E-state index contributed by atoms with van der Waals surface area (Å²) in [5, 5.41) is 6.58. The van der Waals surface area contributed by atoms with E-state index in [2.05, 4.69) is 10.3 Å². The average Bonchev–Trinajstić information content (AvgIpc) is 2.88. The highest BCUT2D eigenvalue weighted by Crippen LogP contribution is 2.25. The van der Waals surface area contributed by atoms with Crippen molar-refractivity contribution >= 4 is 28.8 Å². The lowest BCUT2D eigenvalue weighted by Gasteiger charge is -2.00. The van der Waals surface area contributed by atoms with Crippen molar-refractivity contribution < 1.29 is 4.79 Å². The summed E-state index contributed by atoms with van der Waals surface area (Å²) >= 11 is 7.47. The molecule has 1 amide bonds. The highest BCUT2D eigenvalue weighted by molar-refractivity contribution is 7.13. The number of thiazole rings is 1. The van der Waals surface area contributed by atoms with E-state index in [4.69, 9.17) is 11.6 Å². The first-order valence-corrected chi connectivity index (χ1v) is 7.42. The number of nitrogens with one attached hydrogen (secondary N) is 1. The molecule has 0 aliphatic rings. The van der Waals surface area contributed by atoms with Gasteiger partial charge in [0.2, 0.25) is 5.91 Å². The van der Waals surface area contributed by atoms with Crippen molar-refractivity contribution in [1.82, 2.24) is 10.3 Å².